The summed E-state index contributed by atoms with van der Waals surface area (Å²) in [6, 6.07) is 13.3. The van der Waals surface area contributed by atoms with Crippen molar-refractivity contribution in [2.75, 3.05) is 19.4 Å². The lowest BCUT2D eigenvalue weighted by Gasteiger charge is -2.08. The van der Waals surface area contributed by atoms with Crippen LogP contribution < -0.4 is 5.32 Å². The SMILES string of the molecule is CC.CCc1sc(NC(=O)c2ccc(SN(C)C)cc2)nc1-c1ccccn1. The van der Waals surface area contributed by atoms with Crippen molar-refractivity contribution in [3.05, 3.63) is 59.1 Å². The van der Waals surface area contributed by atoms with Crippen LogP contribution in [0.3, 0.4) is 0 Å². The molecule has 1 N–H and O–H groups in total. The molecule has 1 aromatic carbocycles. The number of hydrogen-bond donors (Lipinski definition) is 1. The van der Waals surface area contributed by atoms with Gasteiger partial charge in [0.15, 0.2) is 5.13 Å². The summed E-state index contributed by atoms with van der Waals surface area (Å²) in [5.74, 6) is -0.157. The number of rotatable bonds is 6. The van der Waals surface area contributed by atoms with Crippen molar-refractivity contribution in [3.8, 4) is 11.4 Å². The molecule has 0 atom stereocenters. The zero-order valence-electron chi connectivity index (χ0n) is 16.9. The minimum atomic E-state index is -0.157. The Labute approximate surface area is 175 Å². The number of anilines is 1. The van der Waals surface area contributed by atoms with Crippen LogP contribution >= 0.6 is 23.3 Å². The van der Waals surface area contributed by atoms with Crippen LogP contribution in [0.5, 0.6) is 0 Å². The lowest BCUT2D eigenvalue weighted by Crippen LogP contribution is -2.11. The van der Waals surface area contributed by atoms with Gasteiger partial charge in [-0.25, -0.2) is 4.98 Å². The molecule has 1 amide bonds. The van der Waals surface area contributed by atoms with E-state index in [1.165, 1.54) is 11.3 Å². The maximum Gasteiger partial charge on any atom is 0.257 e. The molecule has 28 heavy (non-hydrogen) atoms. The van der Waals surface area contributed by atoms with Crippen LogP contribution in [0.1, 0.15) is 36.0 Å². The zero-order valence-corrected chi connectivity index (χ0v) is 18.5. The molecule has 0 fully saturated rings. The fraction of sp³-hybridized carbons (Fsp3) is 0.286. The molecular formula is C21H26N4OS2. The molecule has 3 aromatic rings. The molecule has 0 bridgehead atoms. The Balaban J connectivity index is 0.00000136. The van der Waals surface area contributed by atoms with Crippen molar-refractivity contribution in [1.82, 2.24) is 14.3 Å². The minimum absolute atomic E-state index is 0.157. The molecule has 0 saturated heterocycles. The molecular weight excluding hydrogens is 388 g/mol. The third-order valence-corrected chi connectivity index (χ3v) is 5.51. The number of nitrogens with zero attached hydrogens (tertiary/aromatic N) is 3. The second-order valence-corrected chi connectivity index (χ2v) is 8.21. The van der Waals surface area contributed by atoms with Crippen molar-refractivity contribution in [2.45, 2.75) is 32.1 Å². The van der Waals surface area contributed by atoms with Gasteiger partial charge in [-0.3, -0.25) is 19.4 Å². The standard InChI is InChI=1S/C19H20N4OS2.C2H6/c1-4-16-17(15-7-5-6-12-20-15)21-19(25-16)22-18(24)13-8-10-14(11-9-13)26-23(2)3;1-2/h5-12H,4H2,1-3H3,(H,21,22,24);1-2H3. The van der Waals surface area contributed by atoms with Crippen molar-refractivity contribution in [2.24, 2.45) is 0 Å². The van der Waals surface area contributed by atoms with E-state index in [4.69, 9.17) is 0 Å². The van der Waals surface area contributed by atoms with Gasteiger partial charge >= 0.3 is 0 Å². The highest BCUT2D eigenvalue weighted by molar-refractivity contribution is 7.97. The molecule has 2 aromatic heterocycles. The average molecular weight is 415 g/mol. The van der Waals surface area contributed by atoms with Gasteiger partial charge in [0.25, 0.3) is 5.91 Å². The van der Waals surface area contributed by atoms with E-state index >= 15 is 0 Å². The lowest BCUT2D eigenvalue weighted by molar-refractivity contribution is 0.102. The Morgan fingerprint density at radius 2 is 1.86 bits per heavy atom. The first-order valence-electron chi connectivity index (χ1n) is 9.24. The molecule has 2 heterocycles. The highest BCUT2D eigenvalue weighted by Crippen LogP contribution is 2.30. The van der Waals surface area contributed by atoms with Crippen LogP contribution in [-0.2, 0) is 6.42 Å². The molecule has 0 aliphatic rings. The highest BCUT2D eigenvalue weighted by Gasteiger charge is 2.15. The molecule has 0 aliphatic heterocycles. The summed E-state index contributed by atoms with van der Waals surface area (Å²) < 4.78 is 2.01. The van der Waals surface area contributed by atoms with Crippen molar-refractivity contribution in [3.63, 3.8) is 0 Å². The van der Waals surface area contributed by atoms with Gasteiger partial charge in [-0.2, -0.15) is 0 Å². The van der Waals surface area contributed by atoms with E-state index in [2.05, 4.69) is 22.2 Å². The quantitative estimate of drug-likeness (QED) is 0.531. The fourth-order valence-corrected chi connectivity index (χ4v) is 3.98. The van der Waals surface area contributed by atoms with Gasteiger partial charge in [-0.15, -0.1) is 11.3 Å². The van der Waals surface area contributed by atoms with Crippen molar-refractivity contribution in [1.29, 1.82) is 0 Å². The molecule has 7 heteroatoms. The molecule has 0 radical (unpaired) electrons. The van der Waals surface area contributed by atoms with E-state index in [1.54, 1.807) is 18.1 Å². The third kappa shape index (κ3) is 5.89. The zero-order chi connectivity index (χ0) is 20.5. The van der Waals surface area contributed by atoms with Crippen molar-refractivity contribution < 1.29 is 4.79 Å². The molecule has 148 valence electrons. The number of carbonyl (C=O) groups excluding carboxylic acids is 1. The molecule has 5 nitrogen and oxygen atoms in total. The number of nitrogens with one attached hydrogen (secondary N) is 1. The summed E-state index contributed by atoms with van der Waals surface area (Å²) >= 11 is 3.11. The average Bonchev–Trinajstić information content (AvgIpc) is 3.13. The van der Waals surface area contributed by atoms with Gasteiger partial charge in [0, 0.05) is 21.5 Å². The van der Waals surface area contributed by atoms with Gasteiger partial charge in [-0.05, 0) is 68.9 Å². The van der Waals surface area contributed by atoms with Gasteiger partial charge in [0.2, 0.25) is 0 Å². The number of benzene rings is 1. The van der Waals surface area contributed by atoms with E-state index in [0.29, 0.717) is 10.7 Å². The molecule has 0 aliphatic carbocycles. The van der Waals surface area contributed by atoms with Crippen LogP contribution in [0.25, 0.3) is 11.4 Å². The van der Waals surface area contributed by atoms with Gasteiger partial charge < -0.3 is 0 Å². The Hall–Kier alpha value is -2.22. The third-order valence-electron chi connectivity index (χ3n) is 3.55. The number of pyridine rings is 1. The van der Waals surface area contributed by atoms with Gasteiger partial charge in [-0.1, -0.05) is 26.8 Å². The predicted octanol–water partition coefficient (Wildman–Crippen LogP) is 5.61. The topological polar surface area (TPSA) is 58.1 Å². The summed E-state index contributed by atoms with van der Waals surface area (Å²) in [6.07, 6.45) is 2.59. The van der Waals surface area contributed by atoms with Crippen LogP contribution in [0.4, 0.5) is 5.13 Å². The number of thiazole rings is 1. The van der Waals surface area contributed by atoms with Crippen molar-refractivity contribution >= 4 is 34.3 Å². The normalized spacial score (nSPS) is 10.4. The summed E-state index contributed by atoms with van der Waals surface area (Å²) in [5, 5.41) is 3.50. The molecule has 0 saturated carbocycles. The van der Waals surface area contributed by atoms with E-state index < -0.39 is 0 Å². The van der Waals surface area contributed by atoms with E-state index in [-0.39, 0.29) is 5.91 Å². The number of carbonyl (C=O) groups is 1. The number of hydrogen-bond acceptors (Lipinski definition) is 6. The first-order chi connectivity index (χ1) is 13.6. The Morgan fingerprint density at radius 3 is 2.43 bits per heavy atom. The Kier molecular flexibility index (Phi) is 8.63. The largest absolute Gasteiger partial charge is 0.298 e. The number of amides is 1. The second kappa shape index (κ2) is 10.9. The number of aryl methyl sites for hydroxylation is 1. The molecule has 3 rings (SSSR count). The highest BCUT2D eigenvalue weighted by atomic mass is 32.2. The second-order valence-electron chi connectivity index (χ2n) is 5.74. The monoisotopic (exact) mass is 414 g/mol. The van der Waals surface area contributed by atoms with E-state index in [1.807, 2.05) is 74.7 Å². The van der Waals surface area contributed by atoms with Gasteiger partial charge in [0.1, 0.15) is 5.69 Å². The maximum absolute atomic E-state index is 12.5. The maximum atomic E-state index is 12.5. The smallest absolute Gasteiger partial charge is 0.257 e. The Bertz CT molecular complexity index is 877. The molecule has 0 unspecified atom stereocenters. The predicted molar refractivity (Wildman–Crippen MR) is 120 cm³/mol. The summed E-state index contributed by atoms with van der Waals surface area (Å²) in [4.78, 5) is 23.7. The summed E-state index contributed by atoms with van der Waals surface area (Å²) in [6.45, 7) is 6.08. The lowest BCUT2D eigenvalue weighted by atomic mass is 10.2. The minimum Gasteiger partial charge on any atom is -0.298 e. The van der Waals surface area contributed by atoms with Crippen LogP contribution in [-0.4, -0.2) is 34.3 Å². The Morgan fingerprint density at radius 1 is 1.14 bits per heavy atom. The fourth-order valence-electron chi connectivity index (χ4n) is 2.40. The summed E-state index contributed by atoms with van der Waals surface area (Å²) in [5.41, 5.74) is 2.28. The first-order valence-corrected chi connectivity index (χ1v) is 10.8. The van der Waals surface area contributed by atoms with E-state index in [0.717, 1.165) is 27.6 Å². The van der Waals surface area contributed by atoms with E-state index in [9.17, 15) is 4.79 Å². The van der Waals surface area contributed by atoms with Crippen LogP contribution in [0.15, 0.2) is 53.6 Å². The number of aromatic nitrogens is 2. The van der Waals surface area contributed by atoms with Gasteiger partial charge in [0.05, 0.1) is 5.69 Å². The first kappa shape index (κ1) is 22.1. The molecule has 0 spiro atoms. The van der Waals surface area contributed by atoms with Crippen LogP contribution in [0.2, 0.25) is 0 Å². The summed E-state index contributed by atoms with van der Waals surface area (Å²) in [7, 11) is 3.97. The van der Waals surface area contributed by atoms with Crippen LogP contribution in [0, 0.1) is 0 Å².